The summed E-state index contributed by atoms with van der Waals surface area (Å²) < 4.78 is 7.37. The van der Waals surface area contributed by atoms with Crippen LogP contribution in [0.2, 0.25) is 0 Å². The Labute approximate surface area is 203 Å². The molecule has 4 atom stereocenters. The number of hydrogen-bond acceptors (Lipinski definition) is 5. The van der Waals surface area contributed by atoms with Crippen molar-refractivity contribution in [1.29, 1.82) is 0 Å². The predicted octanol–water partition coefficient (Wildman–Crippen LogP) is 2.58. The molecular weight excluding hydrogens is 456 g/mol. The lowest BCUT2D eigenvalue weighted by Gasteiger charge is -2.35. The van der Waals surface area contributed by atoms with E-state index in [9.17, 15) is 14.4 Å². The fourth-order valence-electron chi connectivity index (χ4n) is 5.45. The highest BCUT2D eigenvalue weighted by atomic mass is 35.5. The minimum absolute atomic E-state index is 0.00901. The van der Waals surface area contributed by atoms with E-state index in [1.54, 1.807) is 41.8 Å². The number of nitrogens with zero attached hydrogens (tertiary/aromatic N) is 3. The normalized spacial score (nSPS) is 29.6. The van der Waals surface area contributed by atoms with Gasteiger partial charge in [-0.1, -0.05) is 25.8 Å². The third kappa shape index (κ3) is 4.36. The van der Waals surface area contributed by atoms with Crippen molar-refractivity contribution in [3.05, 3.63) is 48.5 Å². The average molecular weight is 485 g/mol. The summed E-state index contributed by atoms with van der Waals surface area (Å²) in [6.07, 6.45) is 8.38. The summed E-state index contributed by atoms with van der Waals surface area (Å²) in [5, 5.41) is 2.59. The number of ketones is 1. The van der Waals surface area contributed by atoms with Crippen molar-refractivity contribution in [3.8, 4) is 5.69 Å². The maximum Gasteiger partial charge on any atom is 0.252 e. The highest BCUT2D eigenvalue weighted by Crippen LogP contribution is 2.35. The Kier molecular flexibility index (Phi) is 6.44. The van der Waals surface area contributed by atoms with Crippen molar-refractivity contribution in [1.82, 2.24) is 19.8 Å². The summed E-state index contributed by atoms with van der Waals surface area (Å²) in [4.78, 5) is 45.2. The molecule has 34 heavy (non-hydrogen) atoms. The van der Waals surface area contributed by atoms with Crippen LogP contribution in [0.3, 0.4) is 0 Å². The maximum absolute atomic E-state index is 13.8. The first kappa shape index (κ1) is 23.1. The maximum atomic E-state index is 13.8. The summed E-state index contributed by atoms with van der Waals surface area (Å²) in [5.74, 6) is -0.0730. The van der Waals surface area contributed by atoms with Crippen molar-refractivity contribution in [2.75, 3.05) is 13.2 Å². The van der Waals surface area contributed by atoms with Crippen LogP contribution in [0.25, 0.3) is 5.69 Å². The molecule has 2 aromatic rings. The molecule has 5 rings (SSSR count). The molecule has 1 aliphatic carbocycles. The molecule has 1 N–H and O–H groups in total. The Morgan fingerprint density at radius 1 is 1.24 bits per heavy atom. The van der Waals surface area contributed by atoms with E-state index < -0.39 is 23.6 Å². The number of Topliss-reactive ketones (excluding diaryl/α,β-unsaturated/α-hetero) is 1. The number of rotatable bonds is 5. The van der Waals surface area contributed by atoms with Crippen LogP contribution in [0.1, 0.15) is 43.0 Å². The Balaban J connectivity index is 1.39. The van der Waals surface area contributed by atoms with Gasteiger partial charge < -0.3 is 19.5 Å². The first-order chi connectivity index (χ1) is 16.4. The number of ether oxygens (including phenoxy) is 1. The Morgan fingerprint density at radius 2 is 2.03 bits per heavy atom. The molecule has 3 aliphatic rings. The third-order valence-electron chi connectivity index (χ3n) is 7.40. The van der Waals surface area contributed by atoms with Crippen molar-refractivity contribution < 1.29 is 19.1 Å². The lowest BCUT2D eigenvalue weighted by atomic mass is 9.78. The lowest BCUT2D eigenvalue weighted by molar-refractivity contribution is -0.139. The lowest BCUT2D eigenvalue weighted by Crippen LogP contribution is -2.55. The van der Waals surface area contributed by atoms with Gasteiger partial charge in [0.25, 0.3) is 5.91 Å². The minimum atomic E-state index is -0.715. The molecule has 9 heteroatoms. The SMILES string of the molecule is CC1CCC(C(NC(=O)c2cccc(-n3ccnc3)c2)C(=O)N2C[C@H](Cl)[C@H]3OCC(=O)[C@H]32)CC1. The van der Waals surface area contributed by atoms with E-state index in [4.69, 9.17) is 16.3 Å². The largest absolute Gasteiger partial charge is 0.366 e. The van der Waals surface area contributed by atoms with Gasteiger partial charge in [-0.05, 0) is 42.9 Å². The molecule has 1 unspecified atom stereocenters. The number of hydrogen-bond donors (Lipinski definition) is 1. The number of carbonyl (C=O) groups excluding carboxylic acids is 3. The monoisotopic (exact) mass is 484 g/mol. The van der Waals surface area contributed by atoms with Crippen molar-refractivity contribution in [2.45, 2.75) is 56.2 Å². The number of likely N-dealkylation sites (tertiary alicyclic amines) is 1. The summed E-state index contributed by atoms with van der Waals surface area (Å²) in [5.41, 5.74) is 1.27. The second-order valence-corrected chi connectivity index (χ2v) is 10.2. The van der Waals surface area contributed by atoms with Crippen LogP contribution in [0, 0.1) is 11.8 Å². The van der Waals surface area contributed by atoms with E-state index in [1.165, 1.54) is 0 Å². The Morgan fingerprint density at radius 3 is 2.76 bits per heavy atom. The highest BCUT2D eigenvalue weighted by Gasteiger charge is 2.53. The first-order valence-corrected chi connectivity index (χ1v) is 12.3. The molecule has 1 aromatic heterocycles. The number of carbonyl (C=O) groups is 3. The van der Waals surface area contributed by atoms with E-state index in [-0.39, 0.29) is 36.7 Å². The topological polar surface area (TPSA) is 93.5 Å². The Bertz CT molecular complexity index is 1070. The van der Waals surface area contributed by atoms with Crippen LogP contribution in [-0.4, -0.2) is 68.8 Å². The van der Waals surface area contributed by atoms with Gasteiger partial charge in [-0.2, -0.15) is 0 Å². The fraction of sp³-hybridized carbons (Fsp3) is 0.520. The summed E-state index contributed by atoms with van der Waals surface area (Å²) in [6, 6.07) is 5.82. The van der Waals surface area contributed by atoms with Crippen molar-refractivity contribution >= 4 is 29.2 Å². The number of aromatic nitrogens is 2. The summed E-state index contributed by atoms with van der Waals surface area (Å²) in [6.45, 7) is 2.43. The zero-order valence-electron chi connectivity index (χ0n) is 19.1. The smallest absolute Gasteiger partial charge is 0.252 e. The number of fused-ring (bicyclic) bond motifs is 1. The van der Waals surface area contributed by atoms with Gasteiger partial charge in [0.05, 0.1) is 11.7 Å². The highest BCUT2D eigenvalue weighted by molar-refractivity contribution is 6.22. The molecule has 180 valence electrons. The molecule has 2 saturated heterocycles. The zero-order chi connectivity index (χ0) is 23.8. The molecular formula is C25H29ClN4O4. The van der Waals surface area contributed by atoms with Gasteiger partial charge in [-0.15, -0.1) is 11.6 Å². The molecule has 0 spiro atoms. The van der Waals surface area contributed by atoms with Gasteiger partial charge in [0.1, 0.15) is 24.8 Å². The molecule has 2 aliphatic heterocycles. The predicted molar refractivity (Wildman–Crippen MR) is 126 cm³/mol. The van der Waals surface area contributed by atoms with Gasteiger partial charge in [-0.3, -0.25) is 14.4 Å². The molecule has 2 amide bonds. The van der Waals surface area contributed by atoms with Gasteiger partial charge in [0.15, 0.2) is 5.78 Å². The van der Waals surface area contributed by atoms with Gasteiger partial charge in [0.2, 0.25) is 5.91 Å². The third-order valence-corrected chi connectivity index (χ3v) is 7.79. The van der Waals surface area contributed by atoms with Gasteiger partial charge >= 0.3 is 0 Å². The van der Waals surface area contributed by atoms with Crippen LogP contribution < -0.4 is 5.32 Å². The first-order valence-electron chi connectivity index (χ1n) is 11.9. The second-order valence-electron chi connectivity index (χ2n) is 9.68. The van der Waals surface area contributed by atoms with Crippen LogP contribution in [-0.2, 0) is 14.3 Å². The molecule has 8 nitrogen and oxygen atoms in total. The van der Waals surface area contributed by atoms with Gasteiger partial charge in [0, 0.05) is 30.2 Å². The quantitative estimate of drug-likeness (QED) is 0.658. The fourth-order valence-corrected chi connectivity index (χ4v) is 5.81. The van der Waals surface area contributed by atoms with Gasteiger partial charge in [-0.25, -0.2) is 4.98 Å². The zero-order valence-corrected chi connectivity index (χ0v) is 19.9. The van der Waals surface area contributed by atoms with E-state index in [0.29, 0.717) is 11.5 Å². The number of benzene rings is 1. The Hall–Kier alpha value is -2.71. The summed E-state index contributed by atoms with van der Waals surface area (Å²) in [7, 11) is 0. The second kappa shape index (κ2) is 9.50. The van der Waals surface area contributed by atoms with Crippen molar-refractivity contribution in [2.24, 2.45) is 11.8 Å². The van der Waals surface area contributed by atoms with Crippen LogP contribution in [0.4, 0.5) is 0 Å². The number of imidazole rings is 1. The van der Waals surface area contributed by atoms with Crippen LogP contribution >= 0.6 is 11.6 Å². The molecule has 1 aromatic carbocycles. The average Bonchev–Trinajstić information content (AvgIpc) is 3.58. The summed E-state index contributed by atoms with van der Waals surface area (Å²) >= 11 is 6.43. The van der Waals surface area contributed by atoms with Crippen molar-refractivity contribution in [3.63, 3.8) is 0 Å². The molecule has 0 bridgehead atoms. The molecule has 3 heterocycles. The van der Waals surface area contributed by atoms with E-state index in [1.807, 2.05) is 10.6 Å². The molecule has 0 radical (unpaired) electrons. The number of nitrogens with one attached hydrogen (secondary N) is 1. The molecule has 1 saturated carbocycles. The number of alkyl halides is 1. The van der Waals surface area contributed by atoms with Crippen LogP contribution in [0.5, 0.6) is 0 Å². The minimum Gasteiger partial charge on any atom is -0.366 e. The van der Waals surface area contributed by atoms with E-state index >= 15 is 0 Å². The molecule has 3 fully saturated rings. The standard InChI is InChI=1S/C25H29ClN4O4/c1-15-5-7-16(8-6-15)21(25(33)30-12-19(26)23-22(30)20(31)13-34-23)28-24(32)17-3-2-4-18(11-17)29-10-9-27-14-29/h2-4,9-11,14-16,19,21-23H,5-8,12-13H2,1H3,(H,28,32)/t15?,16?,19-,21?,22+,23+/m0/s1. The number of halogens is 1. The number of amides is 2. The van der Waals surface area contributed by atoms with E-state index in [2.05, 4.69) is 17.2 Å². The van der Waals surface area contributed by atoms with E-state index in [0.717, 1.165) is 31.4 Å². The van der Waals surface area contributed by atoms with Crippen LogP contribution in [0.15, 0.2) is 43.0 Å².